The molecular formula is C15H8ClF6NO. The highest BCUT2D eigenvalue weighted by molar-refractivity contribution is 6.30. The first-order valence-corrected chi connectivity index (χ1v) is 6.71. The van der Waals surface area contributed by atoms with E-state index in [1.165, 1.54) is 0 Å². The van der Waals surface area contributed by atoms with Crippen LogP contribution in [0.25, 0.3) is 0 Å². The number of hydrogen-bond acceptors (Lipinski definition) is 1. The summed E-state index contributed by atoms with van der Waals surface area (Å²) in [5, 5.41) is 1.92. The van der Waals surface area contributed by atoms with Crippen LogP contribution in [0.5, 0.6) is 0 Å². The first kappa shape index (κ1) is 18.1. The highest BCUT2D eigenvalue weighted by atomic mass is 35.5. The van der Waals surface area contributed by atoms with Gasteiger partial charge in [0.1, 0.15) is 0 Å². The zero-order valence-corrected chi connectivity index (χ0v) is 12.4. The van der Waals surface area contributed by atoms with Crippen molar-refractivity contribution in [3.8, 4) is 0 Å². The lowest BCUT2D eigenvalue weighted by Gasteiger charge is -2.14. The van der Waals surface area contributed by atoms with Crippen LogP contribution in [0.1, 0.15) is 21.5 Å². The molecule has 2 rings (SSSR count). The Morgan fingerprint density at radius 1 is 0.875 bits per heavy atom. The Balaban J connectivity index is 2.28. The summed E-state index contributed by atoms with van der Waals surface area (Å²) in [6.07, 6.45) is -9.36. The molecule has 0 aliphatic heterocycles. The second kappa shape index (κ2) is 6.35. The molecule has 0 spiro atoms. The van der Waals surface area contributed by atoms with Gasteiger partial charge in [0, 0.05) is 10.7 Å². The van der Waals surface area contributed by atoms with E-state index in [4.69, 9.17) is 11.6 Å². The van der Waals surface area contributed by atoms with Gasteiger partial charge in [0.05, 0.1) is 16.7 Å². The summed E-state index contributed by atoms with van der Waals surface area (Å²) >= 11 is 5.51. The van der Waals surface area contributed by atoms with Crippen molar-refractivity contribution in [2.75, 3.05) is 5.32 Å². The molecule has 0 aliphatic rings. The third-order valence-corrected chi connectivity index (χ3v) is 3.24. The summed E-state index contributed by atoms with van der Waals surface area (Å²) in [5.41, 5.74) is -2.94. The van der Waals surface area contributed by atoms with Crippen molar-refractivity contribution in [2.45, 2.75) is 12.4 Å². The molecule has 0 aliphatic carbocycles. The monoisotopic (exact) mass is 367 g/mol. The largest absolute Gasteiger partial charge is 0.417 e. The van der Waals surface area contributed by atoms with E-state index in [1.807, 2.05) is 0 Å². The Kier molecular flexibility index (Phi) is 4.80. The molecule has 0 fully saturated rings. The molecule has 0 saturated carbocycles. The number of nitrogens with one attached hydrogen (secondary N) is 1. The van der Waals surface area contributed by atoms with Gasteiger partial charge in [-0.2, -0.15) is 26.3 Å². The molecule has 0 atom stereocenters. The van der Waals surface area contributed by atoms with Crippen molar-refractivity contribution >= 4 is 23.2 Å². The molecule has 0 heterocycles. The number of carbonyl (C=O) groups is 1. The highest BCUT2D eigenvalue weighted by Gasteiger charge is 2.35. The second-order valence-corrected chi connectivity index (χ2v) is 5.15. The van der Waals surface area contributed by atoms with Gasteiger partial charge >= 0.3 is 12.4 Å². The summed E-state index contributed by atoms with van der Waals surface area (Å²) in [6.45, 7) is 0. The standard InChI is InChI=1S/C15H8ClF6NO/c16-9-3-6-11(12(7-9)15(20,21)22)13(24)23-10-4-1-8(2-5-10)14(17,18)19/h1-7H,(H,23,24). The van der Waals surface area contributed by atoms with E-state index in [1.54, 1.807) is 0 Å². The Morgan fingerprint density at radius 2 is 1.46 bits per heavy atom. The van der Waals surface area contributed by atoms with Crippen molar-refractivity contribution in [3.05, 3.63) is 64.2 Å². The van der Waals surface area contributed by atoms with Gasteiger partial charge in [0.2, 0.25) is 0 Å². The highest BCUT2D eigenvalue weighted by Crippen LogP contribution is 2.34. The molecule has 1 amide bonds. The summed E-state index contributed by atoms with van der Waals surface area (Å²) in [5.74, 6) is -1.11. The minimum absolute atomic E-state index is 0.0731. The van der Waals surface area contributed by atoms with Gasteiger partial charge in [-0.3, -0.25) is 4.79 Å². The molecule has 0 saturated heterocycles. The topological polar surface area (TPSA) is 29.1 Å². The van der Waals surface area contributed by atoms with E-state index in [9.17, 15) is 31.1 Å². The Labute approximate surface area is 137 Å². The fraction of sp³-hybridized carbons (Fsp3) is 0.133. The zero-order chi connectivity index (χ0) is 18.1. The van der Waals surface area contributed by atoms with E-state index < -0.39 is 35.0 Å². The van der Waals surface area contributed by atoms with E-state index in [0.717, 1.165) is 24.3 Å². The third-order valence-electron chi connectivity index (χ3n) is 3.00. The Morgan fingerprint density at radius 3 is 1.96 bits per heavy atom. The first-order valence-electron chi connectivity index (χ1n) is 6.34. The first-order chi connectivity index (χ1) is 11.0. The van der Waals surface area contributed by atoms with Gasteiger partial charge in [0.15, 0.2) is 0 Å². The molecule has 24 heavy (non-hydrogen) atoms. The minimum atomic E-state index is -4.81. The molecule has 0 unspecified atom stereocenters. The van der Waals surface area contributed by atoms with E-state index in [0.29, 0.717) is 18.2 Å². The van der Waals surface area contributed by atoms with Crippen molar-refractivity contribution in [1.82, 2.24) is 0 Å². The van der Waals surface area contributed by atoms with Crippen LogP contribution in [0, 0.1) is 0 Å². The second-order valence-electron chi connectivity index (χ2n) is 4.72. The lowest BCUT2D eigenvalue weighted by Crippen LogP contribution is -2.18. The van der Waals surface area contributed by atoms with Crippen LogP contribution in [0.2, 0.25) is 5.02 Å². The van der Waals surface area contributed by atoms with Crippen LogP contribution < -0.4 is 5.32 Å². The van der Waals surface area contributed by atoms with Crippen molar-refractivity contribution in [3.63, 3.8) is 0 Å². The lowest BCUT2D eigenvalue weighted by atomic mass is 10.1. The van der Waals surface area contributed by atoms with Gasteiger partial charge < -0.3 is 5.32 Å². The predicted molar refractivity (Wildman–Crippen MR) is 75.9 cm³/mol. The van der Waals surface area contributed by atoms with E-state index >= 15 is 0 Å². The quantitative estimate of drug-likeness (QED) is 0.685. The van der Waals surface area contributed by atoms with Crippen LogP contribution in [-0.2, 0) is 12.4 Å². The summed E-state index contributed by atoms with van der Waals surface area (Å²) < 4.78 is 76.2. The van der Waals surface area contributed by atoms with Crippen LogP contribution in [-0.4, -0.2) is 5.91 Å². The Hall–Kier alpha value is -2.22. The maximum Gasteiger partial charge on any atom is 0.417 e. The van der Waals surface area contributed by atoms with Crippen molar-refractivity contribution < 1.29 is 31.1 Å². The zero-order valence-electron chi connectivity index (χ0n) is 11.6. The molecule has 0 aromatic heterocycles. The number of alkyl halides is 6. The average Bonchev–Trinajstić information content (AvgIpc) is 2.45. The number of halogens is 7. The summed E-state index contributed by atoms with van der Waals surface area (Å²) in [4.78, 5) is 12.0. The van der Waals surface area contributed by atoms with Crippen LogP contribution >= 0.6 is 11.6 Å². The number of carbonyl (C=O) groups excluding carboxylic acids is 1. The molecule has 1 N–H and O–H groups in total. The molecule has 0 bridgehead atoms. The number of amides is 1. The lowest BCUT2D eigenvalue weighted by molar-refractivity contribution is -0.138. The maximum absolute atomic E-state index is 12.9. The summed E-state index contributed by atoms with van der Waals surface area (Å²) in [6, 6.07) is 5.92. The number of anilines is 1. The predicted octanol–water partition coefficient (Wildman–Crippen LogP) is 5.63. The molecule has 2 aromatic carbocycles. The average molecular weight is 368 g/mol. The molecule has 128 valence electrons. The van der Waals surface area contributed by atoms with Crippen LogP contribution in [0.15, 0.2) is 42.5 Å². The van der Waals surface area contributed by atoms with Gasteiger partial charge in [0.25, 0.3) is 5.91 Å². The van der Waals surface area contributed by atoms with E-state index in [-0.39, 0.29) is 10.7 Å². The van der Waals surface area contributed by atoms with Crippen molar-refractivity contribution in [1.29, 1.82) is 0 Å². The van der Waals surface area contributed by atoms with Crippen molar-refractivity contribution in [2.24, 2.45) is 0 Å². The van der Waals surface area contributed by atoms with Gasteiger partial charge in [-0.25, -0.2) is 0 Å². The van der Waals surface area contributed by atoms with Gasteiger partial charge in [-0.15, -0.1) is 0 Å². The molecule has 0 radical (unpaired) electrons. The third kappa shape index (κ3) is 4.19. The van der Waals surface area contributed by atoms with Crippen LogP contribution in [0.4, 0.5) is 32.0 Å². The van der Waals surface area contributed by atoms with Crippen LogP contribution in [0.3, 0.4) is 0 Å². The molecule has 9 heteroatoms. The Bertz CT molecular complexity index is 752. The van der Waals surface area contributed by atoms with Gasteiger partial charge in [-0.05, 0) is 42.5 Å². The number of hydrogen-bond donors (Lipinski definition) is 1. The smallest absolute Gasteiger partial charge is 0.322 e. The molecule has 2 nitrogen and oxygen atoms in total. The van der Waals surface area contributed by atoms with E-state index in [2.05, 4.69) is 5.32 Å². The molecule has 2 aromatic rings. The fourth-order valence-corrected chi connectivity index (χ4v) is 2.06. The minimum Gasteiger partial charge on any atom is -0.322 e. The number of rotatable bonds is 2. The fourth-order valence-electron chi connectivity index (χ4n) is 1.89. The maximum atomic E-state index is 12.9. The SMILES string of the molecule is O=C(Nc1ccc(C(F)(F)F)cc1)c1ccc(Cl)cc1C(F)(F)F. The number of benzene rings is 2. The normalized spacial score (nSPS) is 12.1. The molecular weight excluding hydrogens is 360 g/mol. The summed E-state index contributed by atoms with van der Waals surface area (Å²) in [7, 11) is 0. The van der Waals surface area contributed by atoms with Gasteiger partial charge in [-0.1, -0.05) is 11.6 Å².